The van der Waals surface area contributed by atoms with Crippen molar-refractivity contribution in [2.45, 2.75) is 19.4 Å². The van der Waals surface area contributed by atoms with Gasteiger partial charge in [0.2, 0.25) is 5.91 Å². The zero-order valence-corrected chi connectivity index (χ0v) is 17.7. The summed E-state index contributed by atoms with van der Waals surface area (Å²) in [4.78, 5) is 20.6. The summed E-state index contributed by atoms with van der Waals surface area (Å²) in [5.74, 6) is 0.975. The van der Waals surface area contributed by atoms with Gasteiger partial charge in [0, 0.05) is 55.5 Å². The molecule has 1 aromatic heterocycles. The van der Waals surface area contributed by atoms with Gasteiger partial charge in [0.05, 0.1) is 13.2 Å². The summed E-state index contributed by atoms with van der Waals surface area (Å²) < 4.78 is 5.24. The molecule has 0 spiro atoms. The molecule has 0 radical (unpaired) electrons. The number of hydrogen-bond acceptors (Lipinski definition) is 4. The van der Waals surface area contributed by atoms with Crippen molar-refractivity contribution in [1.29, 1.82) is 0 Å². The second-order valence-electron chi connectivity index (χ2n) is 7.80. The molecular weight excluding hydrogens is 376 g/mol. The highest BCUT2D eigenvalue weighted by Gasteiger charge is 2.25. The second-order valence-corrected chi connectivity index (χ2v) is 7.80. The van der Waals surface area contributed by atoms with E-state index in [1.54, 1.807) is 7.11 Å². The number of aromatic amines is 1. The van der Waals surface area contributed by atoms with E-state index >= 15 is 0 Å². The average Bonchev–Trinajstić information content (AvgIpc) is 3.22. The third kappa shape index (κ3) is 4.44. The van der Waals surface area contributed by atoms with Crippen LogP contribution in [-0.2, 0) is 11.2 Å². The van der Waals surface area contributed by atoms with Crippen LogP contribution in [0.3, 0.4) is 0 Å². The first kappa shape index (κ1) is 20.3. The number of rotatable bonds is 7. The molecule has 4 rings (SSSR count). The maximum atomic E-state index is 12.7. The topological polar surface area (TPSA) is 60.6 Å². The Labute approximate surface area is 177 Å². The zero-order chi connectivity index (χ0) is 20.9. The fraction of sp³-hybridized carbons (Fsp3) is 0.375. The molecule has 1 unspecified atom stereocenters. The van der Waals surface area contributed by atoms with Gasteiger partial charge in [-0.05, 0) is 49.2 Å². The van der Waals surface area contributed by atoms with E-state index < -0.39 is 0 Å². The number of nitrogens with one attached hydrogen (secondary N) is 2. The first-order valence-corrected chi connectivity index (χ1v) is 10.6. The Kier molecular flexibility index (Phi) is 6.23. The Morgan fingerprint density at radius 3 is 2.57 bits per heavy atom. The number of para-hydroxylation sites is 1. The Bertz CT molecular complexity index is 974. The summed E-state index contributed by atoms with van der Waals surface area (Å²) >= 11 is 0. The van der Waals surface area contributed by atoms with Gasteiger partial charge < -0.3 is 19.9 Å². The average molecular weight is 407 g/mol. The smallest absolute Gasteiger partial charge is 0.237 e. The summed E-state index contributed by atoms with van der Waals surface area (Å²) in [5, 5.41) is 4.35. The molecule has 1 aliphatic heterocycles. The number of methoxy groups -OCH3 is 1. The van der Waals surface area contributed by atoms with Crippen molar-refractivity contribution in [3.8, 4) is 5.75 Å². The van der Waals surface area contributed by atoms with Crippen LogP contribution in [0.5, 0.6) is 5.75 Å². The van der Waals surface area contributed by atoms with Crippen molar-refractivity contribution in [2.24, 2.45) is 0 Å². The van der Waals surface area contributed by atoms with Crippen molar-refractivity contribution in [2.75, 3.05) is 44.7 Å². The molecule has 2 heterocycles. The maximum Gasteiger partial charge on any atom is 0.237 e. The lowest BCUT2D eigenvalue weighted by Crippen LogP contribution is -2.54. The number of benzene rings is 2. The Morgan fingerprint density at radius 1 is 1.10 bits per heavy atom. The fourth-order valence-electron chi connectivity index (χ4n) is 4.13. The summed E-state index contributed by atoms with van der Waals surface area (Å²) in [7, 11) is 1.68. The highest BCUT2D eigenvalue weighted by molar-refractivity contribution is 5.83. The van der Waals surface area contributed by atoms with Crippen LogP contribution >= 0.6 is 0 Å². The highest BCUT2D eigenvalue weighted by atomic mass is 16.5. The van der Waals surface area contributed by atoms with E-state index in [1.807, 2.05) is 37.4 Å². The number of amides is 1. The number of ether oxygens (including phenoxy) is 1. The third-order valence-electron chi connectivity index (χ3n) is 6.05. The normalized spacial score (nSPS) is 15.9. The molecular formula is C24H30N4O2. The molecule has 1 atom stereocenters. The highest BCUT2D eigenvalue weighted by Crippen LogP contribution is 2.21. The molecule has 30 heavy (non-hydrogen) atoms. The summed E-state index contributed by atoms with van der Waals surface area (Å²) in [5.41, 5.74) is 3.58. The molecule has 0 saturated carbocycles. The minimum atomic E-state index is -0.119. The number of anilines is 1. The quantitative estimate of drug-likeness (QED) is 0.633. The van der Waals surface area contributed by atoms with Gasteiger partial charge in [-0.2, -0.15) is 0 Å². The summed E-state index contributed by atoms with van der Waals surface area (Å²) in [6.45, 7) is 6.24. The van der Waals surface area contributed by atoms with Gasteiger partial charge in [0.25, 0.3) is 0 Å². The maximum absolute atomic E-state index is 12.7. The van der Waals surface area contributed by atoms with Gasteiger partial charge in [-0.25, -0.2) is 0 Å². The Balaban J connectivity index is 1.24. The van der Waals surface area contributed by atoms with E-state index in [4.69, 9.17) is 4.74 Å². The fourth-order valence-corrected chi connectivity index (χ4v) is 4.13. The molecule has 6 heteroatoms. The lowest BCUT2D eigenvalue weighted by atomic mass is 10.1. The van der Waals surface area contributed by atoms with Crippen molar-refractivity contribution >= 4 is 22.5 Å². The first-order valence-electron chi connectivity index (χ1n) is 10.6. The van der Waals surface area contributed by atoms with Crippen LogP contribution in [0.15, 0.2) is 54.7 Å². The minimum Gasteiger partial charge on any atom is -0.497 e. The van der Waals surface area contributed by atoms with Gasteiger partial charge in [-0.15, -0.1) is 0 Å². The van der Waals surface area contributed by atoms with Crippen molar-refractivity contribution in [3.63, 3.8) is 0 Å². The minimum absolute atomic E-state index is 0.104. The van der Waals surface area contributed by atoms with Crippen molar-refractivity contribution in [3.05, 3.63) is 60.3 Å². The van der Waals surface area contributed by atoms with E-state index in [0.717, 1.165) is 43.9 Å². The predicted octanol–water partition coefficient (Wildman–Crippen LogP) is 3.05. The number of piperazine rings is 1. The lowest BCUT2D eigenvalue weighted by molar-refractivity contribution is -0.125. The van der Waals surface area contributed by atoms with Crippen molar-refractivity contribution < 1.29 is 9.53 Å². The molecule has 2 N–H and O–H groups in total. The van der Waals surface area contributed by atoms with E-state index in [-0.39, 0.29) is 11.9 Å². The van der Waals surface area contributed by atoms with Crippen LogP contribution in [-0.4, -0.2) is 61.7 Å². The monoisotopic (exact) mass is 406 g/mol. The van der Waals surface area contributed by atoms with Gasteiger partial charge in [-0.3, -0.25) is 9.69 Å². The SMILES string of the molecule is COc1ccc(N2CCN(C(C)C(=O)NCCc3c[nH]c4ccccc34)CC2)cc1. The van der Waals surface area contributed by atoms with Crippen LogP contribution in [0.1, 0.15) is 12.5 Å². The summed E-state index contributed by atoms with van der Waals surface area (Å²) in [6.07, 6.45) is 2.87. The molecule has 1 saturated heterocycles. The number of fused-ring (bicyclic) bond motifs is 1. The van der Waals surface area contributed by atoms with E-state index in [9.17, 15) is 4.79 Å². The molecule has 1 fully saturated rings. The second kappa shape index (κ2) is 9.22. The van der Waals surface area contributed by atoms with Gasteiger partial charge >= 0.3 is 0 Å². The molecule has 1 aliphatic rings. The van der Waals surface area contributed by atoms with Crippen LogP contribution < -0.4 is 15.0 Å². The number of carbonyl (C=O) groups excluding carboxylic acids is 1. The zero-order valence-electron chi connectivity index (χ0n) is 17.7. The molecule has 0 aliphatic carbocycles. The van der Waals surface area contributed by atoms with E-state index in [2.05, 4.69) is 44.4 Å². The number of H-pyrrole nitrogens is 1. The van der Waals surface area contributed by atoms with E-state index in [0.29, 0.717) is 6.54 Å². The number of carbonyl (C=O) groups is 1. The van der Waals surface area contributed by atoms with Crippen molar-refractivity contribution in [1.82, 2.24) is 15.2 Å². The van der Waals surface area contributed by atoms with Gasteiger partial charge in [-0.1, -0.05) is 18.2 Å². The molecule has 6 nitrogen and oxygen atoms in total. The molecule has 1 amide bonds. The largest absolute Gasteiger partial charge is 0.497 e. The molecule has 0 bridgehead atoms. The van der Waals surface area contributed by atoms with Crippen LogP contribution in [0.25, 0.3) is 10.9 Å². The van der Waals surface area contributed by atoms with Crippen LogP contribution in [0.2, 0.25) is 0 Å². The first-order chi connectivity index (χ1) is 14.7. The molecule has 2 aromatic carbocycles. The Morgan fingerprint density at radius 2 is 1.83 bits per heavy atom. The standard InChI is InChI=1S/C24H30N4O2/c1-18(24(29)25-12-11-19-17-26-23-6-4-3-5-22(19)23)27-13-15-28(16-14-27)20-7-9-21(30-2)10-8-20/h3-10,17-18,26H,11-16H2,1-2H3,(H,25,29). The number of nitrogens with zero attached hydrogens (tertiary/aromatic N) is 2. The van der Waals surface area contributed by atoms with Crippen LogP contribution in [0, 0.1) is 0 Å². The number of aromatic nitrogens is 1. The molecule has 158 valence electrons. The summed E-state index contributed by atoms with van der Waals surface area (Å²) in [6, 6.07) is 16.3. The van der Waals surface area contributed by atoms with E-state index in [1.165, 1.54) is 16.6 Å². The van der Waals surface area contributed by atoms with Gasteiger partial charge in [0.15, 0.2) is 0 Å². The molecule has 3 aromatic rings. The van der Waals surface area contributed by atoms with Gasteiger partial charge in [0.1, 0.15) is 5.75 Å². The van der Waals surface area contributed by atoms with Crippen LogP contribution in [0.4, 0.5) is 5.69 Å². The third-order valence-corrected chi connectivity index (χ3v) is 6.05. The lowest BCUT2D eigenvalue weighted by Gasteiger charge is -2.38. The Hall–Kier alpha value is -2.99. The predicted molar refractivity (Wildman–Crippen MR) is 121 cm³/mol. The number of hydrogen-bond donors (Lipinski definition) is 2.